The molecular weight excluding hydrogens is 256 g/mol. The van der Waals surface area contributed by atoms with Crippen molar-refractivity contribution in [3.63, 3.8) is 0 Å². The molecule has 1 saturated heterocycles. The van der Waals surface area contributed by atoms with E-state index in [0.717, 1.165) is 13.1 Å². The Morgan fingerprint density at radius 3 is 2.55 bits per heavy atom. The number of nitrogens with zero attached hydrogens (tertiary/aromatic N) is 1. The Balaban J connectivity index is 2.25. The minimum Gasteiger partial charge on any atom is -0.355 e. The summed E-state index contributed by atoms with van der Waals surface area (Å²) in [6.07, 6.45) is 2.41. The number of amides is 2. The Bertz CT molecular complexity index is 314. The van der Waals surface area contributed by atoms with Crippen LogP contribution in [0.5, 0.6) is 0 Å². The topological polar surface area (TPSA) is 73.5 Å². The first-order valence-electron chi connectivity index (χ1n) is 7.47. The van der Waals surface area contributed by atoms with Crippen molar-refractivity contribution >= 4 is 11.8 Å². The number of carbonyl (C=O) groups excluding carboxylic acids is 2. The van der Waals surface area contributed by atoms with Gasteiger partial charge < -0.3 is 16.0 Å². The van der Waals surface area contributed by atoms with Crippen molar-refractivity contribution in [3.05, 3.63) is 0 Å². The fourth-order valence-corrected chi connectivity index (χ4v) is 2.33. The highest BCUT2D eigenvalue weighted by Crippen LogP contribution is 2.08. The molecular formula is C14H28N4O2. The highest BCUT2D eigenvalue weighted by atomic mass is 16.2. The molecule has 2 amide bonds. The van der Waals surface area contributed by atoms with E-state index in [-0.39, 0.29) is 11.8 Å². The zero-order chi connectivity index (χ0) is 15.0. The van der Waals surface area contributed by atoms with Gasteiger partial charge in [0.25, 0.3) is 0 Å². The van der Waals surface area contributed by atoms with Crippen LogP contribution in [0.2, 0.25) is 0 Å². The summed E-state index contributed by atoms with van der Waals surface area (Å²) in [4.78, 5) is 24.8. The minimum atomic E-state index is -0.0737. The molecule has 1 aliphatic heterocycles. The molecule has 0 spiro atoms. The summed E-state index contributed by atoms with van der Waals surface area (Å²) < 4.78 is 0. The lowest BCUT2D eigenvalue weighted by Crippen LogP contribution is -2.47. The van der Waals surface area contributed by atoms with Crippen LogP contribution in [0.4, 0.5) is 0 Å². The van der Waals surface area contributed by atoms with E-state index < -0.39 is 0 Å². The summed E-state index contributed by atoms with van der Waals surface area (Å²) in [7, 11) is 0. The maximum absolute atomic E-state index is 11.9. The molecule has 0 bridgehead atoms. The molecule has 116 valence electrons. The quantitative estimate of drug-likeness (QED) is 0.535. The zero-order valence-corrected chi connectivity index (χ0v) is 12.9. The van der Waals surface area contributed by atoms with Crippen LogP contribution in [0.15, 0.2) is 0 Å². The summed E-state index contributed by atoms with van der Waals surface area (Å²) in [6.45, 7) is 9.06. The number of nitrogens with one attached hydrogen (secondary N) is 3. The first-order chi connectivity index (χ1) is 9.49. The molecule has 1 fully saturated rings. The molecule has 6 nitrogen and oxygen atoms in total. The molecule has 1 aliphatic rings. The molecule has 1 rings (SSSR count). The second-order valence-corrected chi connectivity index (χ2v) is 5.65. The van der Waals surface area contributed by atoms with Crippen LogP contribution in [0, 0.1) is 0 Å². The van der Waals surface area contributed by atoms with Crippen LogP contribution in [0.25, 0.3) is 0 Å². The average Bonchev–Trinajstić information content (AvgIpc) is 2.86. The average molecular weight is 284 g/mol. The van der Waals surface area contributed by atoms with Gasteiger partial charge in [-0.25, -0.2) is 0 Å². The van der Waals surface area contributed by atoms with E-state index in [1.165, 1.54) is 19.8 Å². The molecule has 0 aromatic heterocycles. The summed E-state index contributed by atoms with van der Waals surface area (Å²) in [6, 6.07) is 0.850. The highest BCUT2D eigenvalue weighted by molar-refractivity contribution is 5.78. The second-order valence-electron chi connectivity index (χ2n) is 5.65. The predicted molar refractivity (Wildman–Crippen MR) is 79.4 cm³/mol. The van der Waals surface area contributed by atoms with Crippen LogP contribution in [0.3, 0.4) is 0 Å². The van der Waals surface area contributed by atoms with Crippen molar-refractivity contribution < 1.29 is 9.59 Å². The standard InChI is InChI=1S/C14H28N4O2/c1-11(2)18(9-13-5-4-6-16-13)10-14(20)17-8-7-15-12(3)19/h11,13,16H,4-10H2,1-3H3,(H,15,19)(H,17,20). The molecule has 0 radical (unpaired) electrons. The van der Waals surface area contributed by atoms with Crippen LogP contribution in [-0.4, -0.2) is 61.5 Å². The molecule has 0 aromatic rings. The Morgan fingerprint density at radius 2 is 2.00 bits per heavy atom. The lowest BCUT2D eigenvalue weighted by molar-refractivity contribution is -0.123. The number of rotatable bonds is 8. The van der Waals surface area contributed by atoms with E-state index in [1.807, 2.05) is 0 Å². The number of hydrogen-bond acceptors (Lipinski definition) is 4. The number of hydrogen-bond donors (Lipinski definition) is 3. The number of carbonyl (C=O) groups is 2. The summed E-state index contributed by atoms with van der Waals surface area (Å²) in [5.41, 5.74) is 0. The molecule has 1 unspecified atom stereocenters. The Morgan fingerprint density at radius 1 is 1.30 bits per heavy atom. The fraction of sp³-hybridized carbons (Fsp3) is 0.857. The lowest BCUT2D eigenvalue weighted by Gasteiger charge is -2.28. The van der Waals surface area contributed by atoms with Gasteiger partial charge in [0.15, 0.2) is 0 Å². The van der Waals surface area contributed by atoms with Crippen LogP contribution in [0.1, 0.15) is 33.6 Å². The Kier molecular flexibility index (Phi) is 7.54. The van der Waals surface area contributed by atoms with E-state index in [1.54, 1.807) is 0 Å². The molecule has 0 aliphatic carbocycles. The van der Waals surface area contributed by atoms with Crippen molar-refractivity contribution in [2.45, 2.75) is 45.7 Å². The molecule has 6 heteroatoms. The van der Waals surface area contributed by atoms with Crippen molar-refractivity contribution in [2.24, 2.45) is 0 Å². The van der Waals surface area contributed by atoms with Gasteiger partial charge in [-0.15, -0.1) is 0 Å². The smallest absolute Gasteiger partial charge is 0.234 e. The van der Waals surface area contributed by atoms with Gasteiger partial charge in [0.1, 0.15) is 0 Å². The van der Waals surface area contributed by atoms with Gasteiger partial charge in [0.2, 0.25) is 11.8 Å². The maximum Gasteiger partial charge on any atom is 0.234 e. The Labute approximate surface area is 121 Å². The van der Waals surface area contributed by atoms with Gasteiger partial charge >= 0.3 is 0 Å². The van der Waals surface area contributed by atoms with Gasteiger partial charge in [-0.2, -0.15) is 0 Å². The largest absolute Gasteiger partial charge is 0.355 e. The molecule has 20 heavy (non-hydrogen) atoms. The summed E-state index contributed by atoms with van der Waals surface area (Å²) in [5.74, 6) is -0.0580. The first-order valence-corrected chi connectivity index (χ1v) is 7.47. The highest BCUT2D eigenvalue weighted by Gasteiger charge is 2.21. The van der Waals surface area contributed by atoms with Crippen molar-refractivity contribution in [1.82, 2.24) is 20.9 Å². The van der Waals surface area contributed by atoms with E-state index in [4.69, 9.17) is 0 Å². The third-order valence-electron chi connectivity index (χ3n) is 3.52. The normalized spacial score (nSPS) is 18.6. The SMILES string of the molecule is CC(=O)NCCNC(=O)CN(CC1CCCN1)C(C)C. The van der Waals surface area contributed by atoms with Gasteiger partial charge in [0.05, 0.1) is 6.54 Å². The third kappa shape index (κ3) is 6.86. The van der Waals surface area contributed by atoms with Crippen LogP contribution >= 0.6 is 0 Å². The fourth-order valence-electron chi connectivity index (χ4n) is 2.33. The minimum absolute atomic E-state index is 0.0158. The third-order valence-corrected chi connectivity index (χ3v) is 3.52. The molecule has 1 atom stereocenters. The van der Waals surface area contributed by atoms with Crippen molar-refractivity contribution in [2.75, 3.05) is 32.7 Å². The first kappa shape index (κ1) is 16.9. The van der Waals surface area contributed by atoms with Gasteiger partial charge in [-0.1, -0.05) is 0 Å². The van der Waals surface area contributed by atoms with E-state index in [9.17, 15) is 9.59 Å². The van der Waals surface area contributed by atoms with Crippen molar-refractivity contribution in [3.8, 4) is 0 Å². The predicted octanol–water partition coefficient (Wildman–Crippen LogP) is -0.299. The molecule has 3 N–H and O–H groups in total. The van der Waals surface area contributed by atoms with Crippen LogP contribution in [-0.2, 0) is 9.59 Å². The van der Waals surface area contributed by atoms with Crippen LogP contribution < -0.4 is 16.0 Å². The molecule has 0 saturated carbocycles. The Hall–Kier alpha value is -1.14. The lowest BCUT2D eigenvalue weighted by atomic mass is 10.2. The maximum atomic E-state index is 11.9. The second kappa shape index (κ2) is 8.92. The van der Waals surface area contributed by atoms with E-state index in [0.29, 0.717) is 31.7 Å². The monoisotopic (exact) mass is 284 g/mol. The van der Waals surface area contributed by atoms with Crippen molar-refractivity contribution in [1.29, 1.82) is 0 Å². The summed E-state index contributed by atoms with van der Waals surface area (Å²) >= 11 is 0. The van der Waals surface area contributed by atoms with E-state index >= 15 is 0 Å². The molecule has 1 heterocycles. The van der Waals surface area contributed by atoms with Gasteiger partial charge in [-0.3, -0.25) is 14.5 Å². The van der Waals surface area contributed by atoms with Gasteiger partial charge in [-0.05, 0) is 33.2 Å². The molecule has 0 aromatic carbocycles. The van der Waals surface area contributed by atoms with Gasteiger partial charge in [0, 0.05) is 38.6 Å². The van der Waals surface area contributed by atoms with E-state index in [2.05, 4.69) is 34.7 Å². The zero-order valence-electron chi connectivity index (χ0n) is 12.9. The summed E-state index contributed by atoms with van der Waals surface area (Å²) in [5, 5.41) is 8.95.